The second kappa shape index (κ2) is 8.16. The van der Waals surface area contributed by atoms with Crippen LogP contribution in [-0.4, -0.2) is 67.4 Å². The average molecular weight is 431 g/mol. The van der Waals surface area contributed by atoms with E-state index >= 15 is 0 Å². The SMILES string of the molecule is CCn1c(N2CCC(C)CC2)nc2c(OC3CCN(C(=O)O)C3C(C)(C)C)ncnc21. The van der Waals surface area contributed by atoms with Crippen LogP contribution in [0.4, 0.5) is 10.7 Å². The number of carboxylic acid groups (broad SMARTS) is 1. The summed E-state index contributed by atoms with van der Waals surface area (Å²) in [5.41, 5.74) is 1.16. The maximum Gasteiger partial charge on any atom is 0.407 e. The number of hydrogen-bond acceptors (Lipinski definition) is 6. The van der Waals surface area contributed by atoms with Gasteiger partial charge in [-0.15, -0.1) is 0 Å². The minimum absolute atomic E-state index is 0.258. The Balaban J connectivity index is 1.68. The molecule has 2 aliphatic rings. The highest BCUT2D eigenvalue weighted by Gasteiger charge is 2.46. The Morgan fingerprint density at radius 2 is 1.90 bits per heavy atom. The van der Waals surface area contributed by atoms with Gasteiger partial charge in [-0.05, 0) is 31.1 Å². The quantitative estimate of drug-likeness (QED) is 0.791. The lowest BCUT2D eigenvalue weighted by Gasteiger charge is -2.36. The Morgan fingerprint density at radius 3 is 2.52 bits per heavy atom. The normalized spacial score (nSPS) is 23.0. The summed E-state index contributed by atoms with van der Waals surface area (Å²) in [4.78, 5) is 29.4. The number of aryl methyl sites for hydroxylation is 1. The molecule has 4 rings (SSSR count). The van der Waals surface area contributed by atoms with E-state index in [2.05, 4.69) is 33.3 Å². The van der Waals surface area contributed by atoms with Gasteiger partial charge in [0.1, 0.15) is 12.4 Å². The number of hydrogen-bond donors (Lipinski definition) is 1. The topological polar surface area (TPSA) is 96.6 Å². The molecule has 9 heteroatoms. The first-order valence-corrected chi connectivity index (χ1v) is 11.3. The van der Waals surface area contributed by atoms with Gasteiger partial charge in [0.2, 0.25) is 11.8 Å². The third-order valence-corrected chi connectivity index (χ3v) is 6.60. The lowest BCUT2D eigenvalue weighted by Crippen LogP contribution is -2.48. The van der Waals surface area contributed by atoms with Crippen LogP contribution in [0, 0.1) is 11.3 Å². The van der Waals surface area contributed by atoms with Gasteiger partial charge in [0.25, 0.3) is 0 Å². The molecule has 0 aliphatic carbocycles. The van der Waals surface area contributed by atoms with Crippen LogP contribution in [0.5, 0.6) is 5.88 Å². The van der Waals surface area contributed by atoms with Crippen LogP contribution in [0.1, 0.15) is 53.9 Å². The number of aromatic nitrogens is 4. The summed E-state index contributed by atoms with van der Waals surface area (Å²) in [6.45, 7) is 13.7. The van der Waals surface area contributed by atoms with Crippen LogP contribution in [0.15, 0.2) is 6.33 Å². The number of imidazole rings is 1. The van der Waals surface area contributed by atoms with Gasteiger partial charge >= 0.3 is 6.09 Å². The standard InChI is InChI=1S/C22H34N6O3/c1-6-27-18-16(25-20(27)26-10-7-14(2)8-11-26)19(24-13-23-18)31-15-9-12-28(21(29)30)17(15)22(3,4)5/h13-15,17H,6-12H2,1-5H3,(H,29,30). The van der Waals surface area contributed by atoms with E-state index in [9.17, 15) is 9.90 Å². The molecule has 2 aromatic heterocycles. The van der Waals surface area contributed by atoms with Crippen LogP contribution >= 0.6 is 0 Å². The third kappa shape index (κ3) is 4.02. The highest BCUT2D eigenvalue weighted by atomic mass is 16.5. The van der Waals surface area contributed by atoms with Crippen LogP contribution in [0.2, 0.25) is 0 Å². The van der Waals surface area contributed by atoms with E-state index in [0.29, 0.717) is 24.4 Å². The molecule has 0 saturated carbocycles. The summed E-state index contributed by atoms with van der Waals surface area (Å²) < 4.78 is 8.50. The molecule has 0 spiro atoms. The van der Waals surface area contributed by atoms with Gasteiger partial charge in [0.15, 0.2) is 11.2 Å². The number of amides is 1. The Kier molecular flexibility index (Phi) is 5.70. The zero-order valence-corrected chi connectivity index (χ0v) is 19.2. The molecule has 4 heterocycles. The van der Waals surface area contributed by atoms with E-state index in [1.165, 1.54) is 11.2 Å². The molecule has 2 fully saturated rings. The number of piperidine rings is 1. The number of nitrogens with zero attached hydrogens (tertiary/aromatic N) is 6. The summed E-state index contributed by atoms with van der Waals surface area (Å²) in [5.74, 6) is 2.10. The predicted octanol–water partition coefficient (Wildman–Crippen LogP) is 3.63. The fourth-order valence-corrected chi connectivity index (χ4v) is 5.00. The van der Waals surface area contributed by atoms with Crippen molar-refractivity contribution in [2.75, 3.05) is 24.5 Å². The van der Waals surface area contributed by atoms with E-state index < -0.39 is 6.09 Å². The van der Waals surface area contributed by atoms with Crippen molar-refractivity contribution in [2.24, 2.45) is 11.3 Å². The number of likely N-dealkylation sites (tertiary alicyclic amines) is 1. The molecular formula is C22H34N6O3. The van der Waals surface area contributed by atoms with E-state index in [1.807, 2.05) is 20.8 Å². The van der Waals surface area contributed by atoms with E-state index in [-0.39, 0.29) is 17.6 Å². The molecule has 0 radical (unpaired) electrons. The monoisotopic (exact) mass is 430 g/mol. The molecule has 2 unspecified atom stereocenters. The van der Waals surface area contributed by atoms with Crippen molar-refractivity contribution in [1.82, 2.24) is 24.4 Å². The van der Waals surface area contributed by atoms with Gasteiger partial charge < -0.3 is 19.6 Å². The van der Waals surface area contributed by atoms with Crippen molar-refractivity contribution in [3.63, 3.8) is 0 Å². The second-order valence-corrected chi connectivity index (χ2v) is 9.91. The van der Waals surface area contributed by atoms with Crippen molar-refractivity contribution in [3.05, 3.63) is 6.33 Å². The first-order chi connectivity index (χ1) is 14.7. The number of anilines is 1. The molecule has 170 valence electrons. The van der Waals surface area contributed by atoms with Crippen molar-refractivity contribution in [1.29, 1.82) is 0 Å². The van der Waals surface area contributed by atoms with E-state index in [0.717, 1.165) is 50.0 Å². The molecule has 1 N–H and O–H groups in total. The van der Waals surface area contributed by atoms with E-state index in [1.54, 1.807) is 0 Å². The summed E-state index contributed by atoms with van der Waals surface area (Å²) in [6.07, 6.45) is 3.27. The summed E-state index contributed by atoms with van der Waals surface area (Å²) in [6, 6.07) is -0.258. The van der Waals surface area contributed by atoms with E-state index in [4.69, 9.17) is 9.72 Å². The largest absolute Gasteiger partial charge is 0.470 e. The molecule has 2 aliphatic heterocycles. The average Bonchev–Trinajstić information content (AvgIpc) is 3.30. The van der Waals surface area contributed by atoms with Crippen molar-refractivity contribution in [3.8, 4) is 5.88 Å². The molecular weight excluding hydrogens is 396 g/mol. The van der Waals surface area contributed by atoms with Crippen LogP contribution < -0.4 is 9.64 Å². The Bertz CT molecular complexity index is 945. The minimum Gasteiger partial charge on any atom is -0.470 e. The maximum atomic E-state index is 11.8. The predicted molar refractivity (Wildman–Crippen MR) is 119 cm³/mol. The molecule has 1 amide bonds. The number of carbonyl (C=O) groups is 1. The number of rotatable bonds is 4. The van der Waals surface area contributed by atoms with Gasteiger partial charge in [-0.25, -0.2) is 14.8 Å². The number of fused-ring (bicyclic) bond motifs is 1. The van der Waals surface area contributed by atoms with Gasteiger partial charge in [0, 0.05) is 32.6 Å². The lowest BCUT2D eigenvalue weighted by molar-refractivity contribution is 0.0558. The van der Waals surface area contributed by atoms with Crippen LogP contribution in [0.3, 0.4) is 0 Å². The van der Waals surface area contributed by atoms with Gasteiger partial charge in [0.05, 0.1) is 6.04 Å². The second-order valence-electron chi connectivity index (χ2n) is 9.91. The Morgan fingerprint density at radius 1 is 1.19 bits per heavy atom. The highest BCUT2D eigenvalue weighted by Crippen LogP contribution is 2.37. The summed E-state index contributed by atoms with van der Waals surface area (Å²) in [5, 5.41) is 9.66. The van der Waals surface area contributed by atoms with Crippen LogP contribution in [0.25, 0.3) is 11.2 Å². The molecule has 9 nitrogen and oxygen atoms in total. The van der Waals surface area contributed by atoms with Crippen molar-refractivity contribution < 1.29 is 14.6 Å². The Labute approximate surface area is 183 Å². The van der Waals surface area contributed by atoms with Gasteiger partial charge in [-0.1, -0.05) is 27.7 Å². The zero-order chi connectivity index (χ0) is 22.3. The number of ether oxygens (including phenoxy) is 1. The third-order valence-electron chi connectivity index (χ3n) is 6.60. The maximum absolute atomic E-state index is 11.8. The van der Waals surface area contributed by atoms with Gasteiger partial charge in [-0.2, -0.15) is 4.98 Å². The molecule has 0 aromatic carbocycles. The van der Waals surface area contributed by atoms with Crippen molar-refractivity contribution in [2.45, 2.75) is 72.6 Å². The lowest BCUT2D eigenvalue weighted by atomic mass is 9.84. The Hall–Kier alpha value is -2.58. The first-order valence-electron chi connectivity index (χ1n) is 11.3. The molecule has 2 saturated heterocycles. The molecule has 0 bridgehead atoms. The summed E-state index contributed by atoms with van der Waals surface area (Å²) >= 11 is 0. The molecule has 31 heavy (non-hydrogen) atoms. The fraction of sp³-hybridized carbons (Fsp3) is 0.727. The zero-order valence-electron chi connectivity index (χ0n) is 19.2. The van der Waals surface area contributed by atoms with Gasteiger partial charge in [-0.3, -0.25) is 4.57 Å². The smallest absolute Gasteiger partial charge is 0.407 e. The highest BCUT2D eigenvalue weighted by molar-refractivity contribution is 5.79. The minimum atomic E-state index is -0.907. The van der Waals surface area contributed by atoms with Crippen LogP contribution in [-0.2, 0) is 6.54 Å². The fourth-order valence-electron chi connectivity index (χ4n) is 5.00. The van der Waals surface area contributed by atoms with Crippen molar-refractivity contribution >= 4 is 23.2 Å². The summed E-state index contributed by atoms with van der Waals surface area (Å²) in [7, 11) is 0. The molecule has 2 atom stereocenters. The molecule has 2 aromatic rings. The first kappa shape index (κ1) is 21.6.